The van der Waals surface area contributed by atoms with Crippen LogP contribution in [-0.4, -0.2) is 23.4 Å². The molecular weight excluding hydrogens is 280 g/mol. The number of rotatable bonds is 1. The third-order valence-electron chi connectivity index (χ3n) is 4.54. The van der Waals surface area contributed by atoms with Gasteiger partial charge in [-0.15, -0.1) is 11.3 Å². The summed E-state index contributed by atoms with van der Waals surface area (Å²) >= 11 is 1.54. The second-order valence-corrected chi connectivity index (χ2v) is 7.29. The molecule has 112 valence electrons. The van der Waals surface area contributed by atoms with Crippen LogP contribution < -0.4 is 5.73 Å². The molecule has 1 aliphatic heterocycles. The lowest BCUT2D eigenvalue weighted by molar-refractivity contribution is 0.0594. The fourth-order valence-electron chi connectivity index (χ4n) is 3.28. The maximum Gasteiger partial charge on any atom is 0.266 e. The molecule has 4 heteroatoms. The number of amides is 1. The molecule has 21 heavy (non-hydrogen) atoms. The molecular formula is C17H22N2OS. The molecule has 1 amide bonds. The highest BCUT2D eigenvalue weighted by molar-refractivity contribution is 7.21. The molecule has 1 saturated heterocycles. The molecule has 2 aromatic rings. The highest BCUT2D eigenvalue weighted by Crippen LogP contribution is 2.37. The maximum absolute atomic E-state index is 12.9. The van der Waals surface area contributed by atoms with Gasteiger partial charge < -0.3 is 10.6 Å². The van der Waals surface area contributed by atoms with Crippen LogP contribution in [0.2, 0.25) is 0 Å². The molecule has 2 unspecified atom stereocenters. The molecule has 1 aromatic heterocycles. The van der Waals surface area contributed by atoms with E-state index in [-0.39, 0.29) is 5.91 Å². The first-order valence-electron chi connectivity index (χ1n) is 7.57. The normalized spacial score (nSPS) is 22.7. The van der Waals surface area contributed by atoms with E-state index >= 15 is 0 Å². The summed E-state index contributed by atoms with van der Waals surface area (Å²) in [4.78, 5) is 15.6. The van der Waals surface area contributed by atoms with Gasteiger partial charge in [-0.2, -0.15) is 0 Å². The van der Waals surface area contributed by atoms with Gasteiger partial charge in [0.05, 0.1) is 5.69 Å². The van der Waals surface area contributed by atoms with Crippen LogP contribution in [0.25, 0.3) is 10.1 Å². The first-order valence-corrected chi connectivity index (χ1v) is 8.39. The van der Waals surface area contributed by atoms with Crippen LogP contribution in [0.15, 0.2) is 18.2 Å². The molecule has 2 N–H and O–H groups in total. The average Bonchev–Trinajstić information content (AvgIpc) is 2.77. The van der Waals surface area contributed by atoms with Gasteiger partial charge >= 0.3 is 0 Å². The summed E-state index contributed by atoms with van der Waals surface area (Å²) in [6.45, 7) is 7.31. The van der Waals surface area contributed by atoms with E-state index in [4.69, 9.17) is 5.73 Å². The fourth-order valence-corrected chi connectivity index (χ4v) is 4.42. The summed E-state index contributed by atoms with van der Waals surface area (Å²) in [5.74, 6) is 0.804. The van der Waals surface area contributed by atoms with Gasteiger partial charge in [0.1, 0.15) is 4.88 Å². The van der Waals surface area contributed by atoms with Crippen LogP contribution >= 0.6 is 11.3 Å². The molecule has 2 atom stereocenters. The van der Waals surface area contributed by atoms with Gasteiger partial charge in [-0.3, -0.25) is 4.79 Å². The lowest BCUT2D eigenvalue weighted by atomic mass is 9.93. The van der Waals surface area contributed by atoms with Crippen molar-refractivity contribution in [3.8, 4) is 0 Å². The predicted octanol–water partition coefficient (Wildman–Crippen LogP) is 4.05. The zero-order chi connectivity index (χ0) is 15.1. The topological polar surface area (TPSA) is 46.3 Å². The zero-order valence-corrected chi connectivity index (χ0v) is 13.7. The van der Waals surface area contributed by atoms with Crippen LogP contribution in [0.5, 0.6) is 0 Å². The molecule has 1 fully saturated rings. The number of hydrogen-bond acceptors (Lipinski definition) is 3. The van der Waals surface area contributed by atoms with Crippen molar-refractivity contribution in [1.29, 1.82) is 0 Å². The summed E-state index contributed by atoms with van der Waals surface area (Å²) < 4.78 is 1.14. The third kappa shape index (κ3) is 2.42. The molecule has 0 spiro atoms. The van der Waals surface area contributed by atoms with Crippen LogP contribution in [0, 0.1) is 12.8 Å². The minimum absolute atomic E-state index is 0.104. The SMILES string of the molecule is Cc1cccc2c(N)c(C(=O)N3CCC(C)CC3C)sc12. The number of anilines is 1. The van der Waals surface area contributed by atoms with E-state index in [0.29, 0.717) is 22.5 Å². The smallest absolute Gasteiger partial charge is 0.266 e. The number of fused-ring (bicyclic) bond motifs is 1. The van der Waals surface area contributed by atoms with Crippen molar-refractivity contribution in [2.75, 3.05) is 12.3 Å². The number of carbonyl (C=O) groups is 1. The molecule has 3 rings (SSSR count). The van der Waals surface area contributed by atoms with Crippen molar-refractivity contribution in [3.05, 3.63) is 28.6 Å². The van der Waals surface area contributed by atoms with Crippen molar-refractivity contribution >= 4 is 33.0 Å². The van der Waals surface area contributed by atoms with E-state index < -0.39 is 0 Å². The van der Waals surface area contributed by atoms with E-state index in [9.17, 15) is 4.79 Å². The van der Waals surface area contributed by atoms with Crippen molar-refractivity contribution in [3.63, 3.8) is 0 Å². The Kier molecular flexibility index (Phi) is 3.66. The fraction of sp³-hybridized carbons (Fsp3) is 0.471. The maximum atomic E-state index is 12.9. The minimum Gasteiger partial charge on any atom is -0.397 e. The number of aryl methyl sites for hydroxylation is 1. The van der Waals surface area contributed by atoms with Crippen LogP contribution in [0.4, 0.5) is 5.69 Å². The zero-order valence-electron chi connectivity index (χ0n) is 12.8. The van der Waals surface area contributed by atoms with Crippen molar-refractivity contribution < 1.29 is 4.79 Å². The Labute approximate surface area is 129 Å². The predicted molar refractivity (Wildman–Crippen MR) is 89.9 cm³/mol. The summed E-state index contributed by atoms with van der Waals surface area (Å²) in [5, 5.41) is 1.02. The molecule has 0 radical (unpaired) electrons. The Morgan fingerprint density at radius 3 is 2.81 bits per heavy atom. The van der Waals surface area contributed by atoms with Gasteiger partial charge in [0.25, 0.3) is 5.91 Å². The molecule has 1 aliphatic rings. The highest BCUT2D eigenvalue weighted by atomic mass is 32.1. The summed E-state index contributed by atoms with van der Waals surface area (Å²) in [7, 11) is 0. The average molecular weight is 302 g/mol. The molecule has 2 heterocycles. The van der Waals surface area contributed by atoms with E-state index in [2.05, 4.69) is 26.8 Å². The van der Waals surface area contributed by atoms with Crippen molar-refractivity contribution in [1.82, 2.24) is 4.90 Å². The van der Waals surface area contributed by atoms with Gasteiger partial charge in [-0.1, -0.05) is 25.1 Å². The lowest BCUT2D eigenvalue weighted by Gasteiger charge is -2.36. The molecule has 0 aliphatic carbocycles. The summed E-state index contributed by atoms with van der Waals surface area (Å²) in [6.07, 6.45) is 2.16. The Morgan fingerprint density at radius 2 is 2.14 bits per heavy atom. The number of hydrogen-bond donors (Lipinski definition) is 1. The Bertz CT molecular complexity index is 691. The number of likely N-dealkylation sites (tertiary alicyclic amines) is 1. The molecule has 3 nitrogen and oxygen atoms in total. The van der Waals surface area contributed by atoms with E-state index in [0.717, 1.165) is 29.5 Å². The van der Waals surface area contributed by atoms with Gasteiger partial charge in [0.2, 0.25) is 0 Å². The molecule has 0 bridgehead atoms. The molecule has 0 saturated carbocycles. The van der Waals surface area contributed by atoms with Crippen LogP contribution in [0.1, 0.15) is 41.9 Å². The van der Waals surface area contributed by atoms with Crippen molar-refractivity contribution in [2.45, 2.75) is 39.7 Å². The Hall–Kier alpha value is -1.55. The van der Waals surface area contributed by atoms with Gasteiger partial charge in [-0.25, -0.2) is 0 Å². The number of carbonyl (C=O) groups excluding carboxylic acids is 1. The number of thiophene rings is 1. The number of nitrogens with zero attached hydrogens (tertiary/aromatic N) is 1. The van der Waals surface area contributed by atoms with Crippen LogP contribution in [-0.2, 0) is 0 Å². The number of nitrogens with two attached hydrogens (primary N) is 1. The number of nitrogen functional groups attached to an aromatic ring is 1. The number of benzene rings is 1. The van der Waals surface area contributed by atoms with Gasteiger partial charge in [0.15, 0.2) is 0 Å². The minimum atomic E-state index is 0.104. The summed E-state index contributed by atoms with van der Waals surface area (Å²) in [6, 6.07) is 6.37. The standard InChI is InChI=1S/C17H22N2OS/c1-10-7-8-19(12(3)9-10)17(20)16-14(18)13-6-4-5-11(2)15(13)21-16/h4-6,10,12H,7-9,18H2,1-3H3. The molecule has 1 aromatic carbocycles. The Morgan fingerprint density at radius 1 is 1.38 bits per heavy atom. The van der Waals surface area contributed by atoms with Crippen LogP contribution in [0.3, 0.4) is 0 Å². The van der Waals surface area contributed by atoms with Crippen molar-refractivity contribution in [2.24, 2.45) is 5.92 Å². The highest BCUT2D eigenvalue weighted by Gasteiger charge is 2.30. The second kappa shape index (κ2) is 5.34. The quantitative estimate of drug-likeness (QED) is 0.863. The Balaban J connectivity index is 1.98. The van der Waals surface area contributed by atoms with E-state index in [1.54, 1.807) is 0 Å². The monoisotopic (exact) mass is 302 g/mol. The van der Waals surface area contributed by atoms with Gasteiger partial charge in [0, 0.05) is 22.7 Å². The second-order valence-electron chi connectivity index (χ2n) is 6.27. The largest absolute Gasteiger partial charge is 0.397 e. The third-order valence-corrected chi connectivity index (χ3v) is 5.89. The van der Waals surface area contributed by atoms with E-state index in [1.165, 1.54) is 16.9 Å². The van der Waals surface area contributed by atoms with E-state index in [1.807, 2.05) is 17.0 Å². The first kappa shape index (κ1) is 14.4. The van der Waals surface area contributed by atoms with Gasteiger partial charge in [-0.05, 0) is 38.2 Å². The number of piperidine rings is 1. The first-order chi connectivity index (χ1) is 9.99. The lowest BCUT2D eigenvalue weighted by Crippen LogP contribution is -2.44. The summed E-state index contributed by atoms with van der Waals surface area (Å²) in [5.41, 5.74) is 8.08.